The van der Waals surface area contributed by atoms with Crippen LogP contribution in [0.3, 0.4) is 0 Å². The van der Waals surface area contributed by atoms with Crippen LogP contribution in [-0.4, -0.2) is 55.6 Å². The van der Waals surface area contributed by atoms with Crippen LogP contribution in [0.25, 0.3) is 0 Å². The summed E-state index contributed by atoms with van der Waals surface area (Å²) in [6.45, 7) is 5.57. The van der Waals surface area contributed by atoms with Crippen LogP contribution in [0.1, 0.15) is 31.2 Å². The lowest BCUT2D eigenvalue weighted by atomic mass is 9.91. The molecule has 0 aromatic heterocycles. The van der Waals surface area contributed by atoms with Crippen LogP contribution in [0.4, 0.5) is 5.69 Å². The molecule has 0 saturated carbocycles. The van der Waals surface area contributed by atoms with Gasteiger partial charge in [0.25, 0.3) is 5.91 Å². The fourth-order valence-corrected chi connectivity index (χ4v) is 3.65. The second-order valence-corrected chi connectivity index (χ2v) is 7.29. The molecule has 1 aromatic carbocycles. The van der Waals surface area contributed by atoms with Crippen molar-refractivity contribution in [1.29, 1.82) is 0 Å². The fourth-order valence-electron chi connectivity index (χ4n) is 3.65. The molecule has 1 atom stereocenters. The highest BCUT2D eigenvalue weighted by atomic mass is 16.5. The van der Waals surface area contributed by atoms with Crippen molar-refractivity contribution >= 4 is 17.5 Å². The van der Waals surface area contributed by atoms with Gasteiger partial charge in [-0.2, -0.15) is 0 Å². The van der Waals surface area contributed by atoms with Crippen molar-refractivity contribution in [3.05, 3.63) is 29.8 Å². The first-order chi connectivity index (χ1) is 12.6. The first-order valence-electron chi connectivity index (χ1n) is 9.59. The molecular weight excluding hydrogens is 330 g/mol. The van der Waals surface area contributed by atoms with E-state index in [2.05, 4.69) is 10.6 Å². The Morgan fingerprint density at radius 3 is 2.81 bits per heavy atom. The van der Waals surface area contributed by atoms with Crippen LogP contribution < -0.4 is 10.6 Å². The van der Waals surface area contributed by atoms with Gasteiger partial charge in [-0.05, 0) is 49.8 Å². The number of hydrogen-bond donors (Lipinski definition) is 2. The molecule has 2 aliphatic heterocycles. The maximum atomic E-state index is 12.5. The van der Waals surface area contributed by atoms with Gasteiger partial charge in [-0.25, -0.2) is 0 Å². The highest BCUT2D eigenvalue weighted by Crippen LogP contribution is 2.23. The first kappa shape index (κ1) is 18.9. The van der Waals surface area contributed by atoms with Gasteiger partial charge in [-0.3, -0.25) is 9.59 Å². The largest absolute Gasteiger partial charge is 0.366 e. The van der Waals surface area contributed by atoms with E-state index in [9.17, 15) is 9.59 Å². The van der Waals surface area contributed by atoms with Crippen LogP contribution in [0.5, 0.6) is 0 Å². The standard InChI is InChI=1S/C20H29N3O3/c1-15-3-2-4-17(13-15)22-19(24)6-5-16-7-10-23(11-8-16)20(25)18-14-21-9-12-26-18/h2-4,13,16,18,21H,5-12,14H2,1H3,(H,22,24)/t18-/m0/s1. The number of nitrogens with one attached hydrogen (secondary N) is 2. The molecule has 2 amide bonds. The second kappa shape index (κ2) is 9.14. The lowest BCUT2D eigenvalue weighted by molar-refractivity contribution is -0.146. The number of rotatable bonds is 5. The molecule has 0 radical (unpaired) electrons. The number of ether oxygens (including phenoxy) is 1. The number of carbonyl (C=O) groups excluding carboxylic acids is 2. The monoisotopic (exact) mass is 359 g/mol. The third-order valence-electron chi connectivity index (χ3n) is 5.21. The zero-order chi connectivity index (χ0) is 18.4. The topological polar surface area (TPSA) is 70.7 Å². The summed E-state index contributed by atoms with van der Waals surface area (Å²) in [5, 5.41) is 6.17. The van der Waals surface area contributed by atoms with Gasteiger partial charge in [0, 0.05) is 38.3 Å². The first-order valence-corrected chi connectivity index (χ1v) is 9.59. The summed E-state index contributed by atoms with van der Waals surface area (Å²) in [7, 11) is 0. The summed E-state index contributed by atoms with van der Waals surface area (Å²) in [4.78, 5) is 26.5. The van der Waals surface area contributed by atoms with E-state index in [1.54, 1.807) is 0 Å². The van der Waals surface area contributed by atoms with Crippen LogP contribution in [0.15, 0.2) is 24.3 Å². The number of carbonyl (C=O) groups is 2. The van der Waals surface area contributed by atoms with Crippen molar-refractivity contribution in [3.8, 4) is 0 Å². The zero-order valence-electron chi connectivity index (χ0n) is 15.5. The number of aryl methyl sites for hydroxylation is 1. The van der Waals surface area contributed by atoms with Crippen molar-refractivity contribution in [1.82, 2.24) is 10.2 Å². The van der Waals surface area contributed by atoms with Gasteiger partial charge in [0.15, 0.2) is 0 Å². The Morgan fingerprint density at radius 1 is 1.31 bits per heavy atom. The van der Waals surface area contributed by atoms with Gasteiger partial charge >= 0.3 is 0 Å². The zero-order valence-corrected chi connectivity index (χ0v) is 15.5. The number of morpholine rings is 1. The number of likely N-dealkylation sites (tertiary alicyclic amines) is 1. The fraction of sp³-hybridized carbons (Fsp3) is 0.600. The van der Waals surface area contributed by atoms with Crippen molar-refractivity contribution < 1.29 is 14.3 Å². The molecule has 0 aliphatic carbocycles. The molecule has 6 nitrogen and oxygen atoms in total. The molecule has 2 N–H and O–H groups in total. The number of hydrogen-bond acceptors (Lipinski definition) is 4. The maximum Gasteiger partial charge on any atom is 0.253 e. The molecule has 2 heterocycles. The lowest BCUT2D eigenvalue weighted by Gasteiger charge is -2.35. The SMILES string of the molecule is Cc1cccc(NC(=O)CCC2CCN(C(=O)[C@@H]3CNCCO3)CC2)c1. The Kier molecular flexibility index (Phi) is 6.63. The molecular formula is C20H29N3O3. The van der Waals surface area contributed by atoms with Gasteiger partial charge in [0.2, 0.25) is 5.91 Å². The Morgan fingerprint density at radius 2 is 2.12 bits per heavy atom. The van der Waals surface area contributed by atoms with Gasteiger partial charge < -0.3 is 20.3 Å². The highest BCUT2D eigenvalue weighted by Gasteiger charge is 2.29. The molecule has 0 unspecified atom stereocenters. The number of amides is 2. The van der Waals surface area contributed by atoms with Crippen LogP contribution in [-0.2, 0) is 14.3 Å². The molecule has 2 fully saturated rings. The van der Waals surface area contributed by atoms with E-state index in [0.717, 1.165) is 50.1 Å². The Balaban J connectivity index is 1.37. The normalized spacial score (nSPS) is 21.4. The van der Waals surface area contributed by atoms with E-state index >= 15 is 0 Å². The quantitative estimate of drug-likeness (QED) is 0.843. The van der Waals surface area contributed by atoms with Crippen LogP contribution >= 0.6 is 0 Å². The van der Waals surface area contributed by atoms with Crippen molar-refractivity contribution in [2.45, 2.75) is 38.7 Å². The molecule has 2 saturated heterocycles. The van der Waals surface area contributed by atoms with Gasteiger partial charge in [0.05, 0.1) is 6.61 Å². The smallest absolute Gasteiger partial charge is 0.253 e. The molecule has 142 valence electrons. The Labute approximate surface area is 155 Å². The minimum absolute atomic E-state index is 0.0655. The van der Waals surface area contributed by atoms with Gasteiger partial charge in [-0.15, -0.1) is 0 Å². The molecule has 1 aromatic rings. The Bertz CT molecular complexity index is 620. The van der Waals surface area contributed by atoms with E-state index in [1.807, 2.05) is 36.1 Å². The summed E-state index contributed by atoms with van der Waals surface area (Å²) in [6.07, 6.45) is 3.00. The summed E-state index contributed by atoms with van der Waals surface area (Å²) in [5.74, 6) is 0.677. The molecule has 0 spiro atoms. The summed E-state index contributed by atoms with van der Waals surface area (Å²) in [5.41, 5.74) is 1.99. The average Bonchev–Trinajstić information content (AvgIpc) is 2.67. The highest BCUT2D eigenvalue weighted by molar-refractivity contribution is 5.90. The molecule has 3 rings (SSSR count). The van der Waals surface area contributed by atoms with Gasteiger partial charge in [0.1, 0.15) is 6.10 Å². The minimum Gasteiger partial charge on any atom is -0.366 e. The average molecular weight is 359 g/mol. The minimum atomic E-state index is -0.333. The van der Waals surface area contributed by atoms with Gasteiger partial charge in [-0.1, -0.05) is 12.1 Å². The molecule has 6 heteroatoms. The van der Waals surface area contributed by atoms with Crippen molar-refractivity contribution in [3.63, 3.8) is 0 Å². The van der Waals surface area contributed by atoms with E-state index in [4.69, 9.17) is 4.74 Å². The number of anilines is 1. The number of piperidine rings is 1. The van der Waals surface area contributed by atoms with Crippen molar-refractivity contribution in [2.24, 2.45) is 5.92 Å². The maximum absolute atomic E-state index is 12.5. The predicted octanol–water partition coefficient (Wildman–Crippen LogP) is 1.94. The summed E-state index contributed by atoms with van der Waals surface area (Å²) in [6, 6.07) is 7.85. The molecule has 0 bridgehead atoms. The second-order valence-electron chi connectivity index (χ2n) is 7.29. The number of benzene rings is 1. The van der Waals surface area contributed by atoms with E-state index in [-0.39, 0.29) is 17.9 Å². The summed E-state index contributed by atoms with van der Waals surface area (Å²) >= 11 is 0. The lowest BCUT2D eigenvalue weighted by Crippen LogP contribution is -2.51. The van der Waals surface area contributed by atoms with E-state index in [1.165, 1.54) is 0 Å². The molecule has 26 heavy (non-hydrogen) atoms. The predicted molar refractivity (Wildman–Crippen MR) is 101 cm³/mol. The van der Waals surface area contributed by atoms with E-state index in [0.29, 0.717) is 25.5 Å². The Hall–Kier alpha value is -1.92. The van der Waals surface area contributed by atoms with Crippen LogP contribution in [0.2, 0.25) is 0 Å². The number of nitrogens with zero attached hydrogens (tertiary/aromatic N) is 1. The van der Waals surface area contributed by atoms with Crippen LogP contribution in [0, 0.1) is 12.8 Å². The third-order valence-corrected chi connectivity index (χ3v) is 5.21. The third kappa shape index (κ3) is 5.29. The molecule has 2 aliphatic rings. The summed E-state index contributed by atoms with van der Waals surface area (Å²) < 4.78 is 5.56. The van der Waals surface area contributed by atoms with Crippen molar-refractivity contribution in [2.75, 3.05) is 38.1 Å². The van der Waals surface area contributed by atoms with E-state index < -0.39 is 0 Å².